The standard InChI is InChI=1S/2C4H8O.2BrH.Hf/c2*1-2-4-5-3-1;;;/h2*1-4H2;2*1H;/p-2. The van der Waals surface area contributed by atoms with Crippen LogP contribution in [0.5, 0.6) is 0 Å². The summed E-state index contributed by atoms with van der Waals surface area (Å²) in [4.78, 5) is 0. The van der Waals surface area contributed by atoms with E-state index in [1.807, 2.05) is 0 Å². The van der Waals surface area contributed by atoms with Gasteiger partial charge in [-0.2, -0.15) is 0 Å². The molecule has 2 aliphatic rings. The fraction of sp³-hybridized carbons (Fsp3) is 1.00. The van der Waals surface area contributed by atoms with Crippen molar-refractivity contribution < 1.29 is 69.3 Å². The predicted molar refractivity (Wildman–Crippen MR) is 40.1 cm³/mol. The van der Waals surface area contributed by atoms with Crippen molar-refractivity contribution in [3.8, 4) is 0 Å². The van der Waals surface area contributed by atoms with Gasteiger partial charge in [-0.05, 0) is 25.7 Å². The monoisotopic (exact) mass is 482 g/mol. The van der Waals surface area contributed by atoms with Crippen molar-refractivity contribution in [3.63, 3.8) is 0 Å². The molecule has 0 spiro atoms. The number of ether oxygens (including phenoxy) is 2. The molecule has 0 aromatic carbocycles. The van der Waals surface area contributed by atoms with Gasteiger partial charge in [0, 0.05) is 52.3 Å². The van der Waals surface area contributed by atoms with Gasteiger partial charge in [0.05, 0.1) is 0 Å². The van der Waals surface area contributed by atoms with Crippen molar-refractivity contribution in [2.75, 3.05) is 26.4 Å². The second-order valence-electron chi connectivity index (χ2n) is 2.64. The molecule has 2 aliphatic heterocycles. The topological polar surface area (TPSA) is 18.5 Å². The number of hydrogen-bond donors (Lipinski definition) is 0. The molecule has 2 heterocycles. The van der Waals surface area contributed by atoms with E-state index >= 15 is 0 Å². The molecule has 0 radical (unpaired) electrons. The number of halogens is 2. The zero-order valence-electron chi connectivity index (χ0n) is 7.73. The average molecular weight is 483 g/mol. The molecule has 2 rings (SSSR count). The second kappa shape index (κ2) is 16.2. The Hall–Kier alpha value is 1.75. The third-order valence-corrected chi connectivity index (χ3v) is 1.65. The first-order chi connectivity index (χ1) is 5.00. The first-order valence-electron chi connectivity index (χ1n) is 4.15. The van der Waals surface area contributed by atoms with Crippen LogP contribution in [0.2, 0.25) is 0 Å². The van der Waals surface area contributed by atoms with Crippen molar-refractivity contribution in [1.82, 2.24) is 0 Å². The van der Waals surface area contributed by atoms with Gasteiger partial charge in [0.25, 0.3) is 0 Å². The molecular weight excluding hydrogens is 466 g/mol. The molecule has 2 saturated heterocycles. The quantitative estimate of drug-likeness (QED) is 0.325. The predicted octanol–water partition coefficient (Wildman–Crippen LogP) is -4.40. The molecule has 0 aliphatic carbocycles. The third kappa shape index (κ3) is 13.8. The average Bonchev–Trinajstić information content (AvgIpc) is 2.67. The van der Waals surface area contributed by atoms with Gasteiger partial charge in [-0.3, -0.25) is 0 Å². The summed E-state index contributed by atoms with van der Waals surface area (Å²) in [5, 5.41) is 0. The minimum atomic E-state index is 0. The van der Waals surface area contributed by atoms with Gasteiger partial charge in [-0.15, -0.1) is 0 Å². The van der Waals surface area contributed by atoms with Crippen LogP contribution in [-0.2, 0) is 35.3 Å². The van der Waals surface area contributed by atoms with Crippen molar-refractivity contribution in [3.05, 3.63) is 0 Å². The molecule has 0 unspecified atom stereocenters. The fourth-order valence-electron chi connectivity index (χ4n) is 1.02. The number of rotatable bonds is 0. The largest absolute Gasteiger partial charge is 1.00 e. The van der Waals surface area contributed by atoms with Crippen LogP contribution >= 0.6 is 0 Å². The molecule has 80 valence electrons. The molecule has 2 fully saturated rings. The minimum Gasteiger partial charge on any atom is -1.00 e. The van der Waals surface area contributed by atoms with Gasteiger partial charge in [-0.25, -0.2) is 0 Å². The van der Waals surface area contributed by atoms with Crippen molar-refractivity contribution in [2.24, 2.45) is 0 Å². The van der Waals surface area contributed by atoms with Crippen LogP contribution in [0.25, 0.3) is 0 Å². The molecule has 0 bridgehead atoms. The van der Waals surface area contributed by atoms with Crippen molar-refractivity contribution >= 4 is 0 Å². The molecule has 0 N–H and O–H groups in total. The van der Waals surface area contributed by atoms with Crippen LogP contribution in [0.4, 0.5) is 0 Å². The Bertz CT molecular complexity index is 53.3. The van der Waals surface area contributed by atoms with Gasteiger partial charge in [-0.1, -0.05) is 0 Å². The SMILES string of the molecule is C1CCOC1.C1CCOC1.[Br-].[Br-].[Hf]. The smallest absolute Gasteiger partial charge is 0.0466 e. The molecule has 0 aromatic heterocycles. The van der Waals surface area contributed by atoms with E-state index in [0.29, 0.717) is 0 Å². The second-order valence-corrected chi connectivity index (χ2v) is 2.64. The van der Waals surface area contributed by atoms with E-state index in [1.54, 1.807) is 0 Å². The summed E-state index contributed by atoms with van der Waals surface area (Å²) in [5.74, 6) is 0. The molecular formula is C8H16Br2HfO2-2. The first-order valence-corrected chi connectivity index (χ1v) is 4.15. The third-order valence-electron chi connectivity index (χ3n) is 1.65. The van der Waals surface area contributed by atoms with Gasteiger partial charge < -0.3 is 43.4 Å². The summed E-state index contributed by atoms with van der Waals surface area (Å²) in [5.41, 5.74) is 0. The van der Waals surface area contributed by atoms with Crippen LogP contribution < -0.4 is 34.0 Å². The summed E-state index contributed by atoms with van der Waals surface area (Å²) in [6.45, 7) is 4.00. The molecule has 0 amide bonds. The van der Waals surface area contributed by atoms with Crippen LogP contribution in [0.3, 0.4) is 0 Å². The van der Waals surface area contributed by atoms with Gasteiger partial charge >= 0.3 is 0 Å². The normalized spacial score (nSPS) is 18.5. The van der Waals surface area contributed by atoms with Crippen LogP contribution in [0.15, 0.2) is 0 Å². The van der Waals surface area contributed by atoms with E-state index in [-0.39, 0.29) is 59.8 Å². The molecule has 0 atom stereocenters. The van der Waals surface area contributed by atoms with Crippen molar-refractivity contribution in [1.29, 1.82) is 0 Å². The summed E-state index contributed by atoms with van der Waals surface area (Å²) in [6, 6.07) is 0. The summed E-state index contributed by atoms with van der Waals surface area (Å²) in [6.07, 6.45) is 5.11. The maximum absolute atomic E-state index is 4.94. The Morgan fingerprint density at radius 1 is 0.538 bits per heavy atom. The van der Waals surface area contributed by atoms with E-state index in [2.05, 4.69) is 0 Å². The fourth-order valence-corrected chi connectivity index (χ4v) is 1.02. The van der Waals surface area contributed by atoms with Crippen molar-refractivity contribution in [2.45, 2.75) is 25.7 Å². The summed E-state index contributed by atoms with van der Waals surface area (Å²) < 4.78 is 9.89. The molecule has 2 nitrogen and oxygen atoms in total. The van der Waals surface area contributed by atoms with E-state index in [0.717, 1.165) is 26.4 Å². The Kier molecular flexibility index (Phi) is 25.2. The van der Waals surface area contributed by atoms with Gasteiger partial charge in [0.1, 0.15) is 0 Å². The Labute approximate surface area is 120 Å². The van der Waals surface area contributed by atoms with Crippen LogP contribution in [0.1, 0.15) is 25.7 Å². The van der Waals surface area contributed by atoms with Crippen LogP contribution in [0, 0.1) is 0 Å². The number of hydrogen-bond acceptors (Lipinski definition) is 2. The minimum absolute atomic E-state index is 0. The molecule has 0 aromatic rings. The summed E-state index contributed by atoms with van der Waals surface area (Å²) >= 11 is 0. The van der Waals surface area contributed by atoms with E-state index in [9.17, 15) is 0 Å². The van der Waals surface area contributed by atoms with Gasteiger partial charge in [0.2, 0.25) is 0 Å². The zero-order chi connectivity index (χ0) is 7.07. The molecule has 0 saturated carbocycles. The zero-order valence-corrected chi connectivity index (χ0v) is 14.5. The Morgan fingerprint density at radius 3 is 0.846 bits per heavy atom. The molecule has 5 heteroatoms. The maximum atomic E-state index is 4.94. The Balaban J connectivity index is -0.000000125. The van der Waals surface area contributed by atoms with E-state index in [1.165, 1.54) is 25.7 Å². The maximum Gasteiger partial charge on any atom is 0.0466 e. The van der Waals surface area contributed by atoms with Gasteiger partial charge in [0.15, 0.2) is 0 Å². The molecule has 13 heavy (non-hydrogen) atoms. The first kappa shape index (κ1) is 20.2. The van der Waals surface area contributed by atoms with E-state index in [4.69, 9.17) is 9.47 Å². The Morgan fingerprint density at radius 2 is 0.769 bits per heavy atom. The summed E-state index contributed by atoms with van der Waals surface area (Å²) in [7, 11) is 0. The van der Waals surface area contributed by atoms with E-state index < -0.39 is 0 Å². The van der Waals surface area contributed by atoms with Crippen LogP contribution in [-0.4, -0.2) is 26.4 Å².